The summed E-state index contributed by atoms with van der Waals surface area (Å²) in [6.45, 7) is 0. The number of hydrazine groups is 1. The zero-order valence-corrected chi connectivity index (χ0v) is 9.54. The van der Waals surface area contributed by atoms with Crippen molar-refractivity contribution < 1.29 is 8.78 Å². The molecule has 0 aromatic heterocycles. The zero-order valence-electron chi connectivity index (χ0n) is 7.28. The molecule has 0 spiro atoms. The maximum atomic E-state index is 12.9. The molecule has 1 atom stereocenters. The number of nitrogens with two attached hydrogens (primary N) is 1. The molecular formula is C8H7Cl3F2N2. The Balaban J connectivity index is 3.19. The lowest BCUT2D eigenvalue weighted by Gasteiger charge is -2.22. The van der Waals surface area contributed by atoms with E-state index in [1.165, 1.54) is 18.2 Å². The van der Waals surface area contributed by atoms with Crippen LogP contribution in [0.25, 0.3) is 0 Å². The maximum Gasteiger partial charge on any atom is 0.342 e. The van der Waals surface area contributed by atoms with Gasteiger partial charge in [0.2, 0.25) is 0 Å². The Morgan fingerprint density at radius 2 is 1.93 bits per heavy atom. The normalized spacial score (nSPS) is 14.0. The van der Waals surface area contributed by atoms with Gasteiger partial charge in [0.25, 0.3) is 0 Å². The van der Waals surface area contributed by atoms with Gasteiger partial charge in [-0.3, -0.25) is 5.84 Å². The van der Waals surface area contributed by atoms with E-state index in [0.717, 1.165) is 0 Å². The van der Waals surface area contributed by atoms with Gasteiger partial charge in [-0.15, -0.1) is 0 Å². The first-order valence-electron chi connectivity index (χ1n) is 3.84. The van der Waals surface area contributed by atoms with E-state index >= 15 is 0 Å². The highest BCUT2D eigenvalue weighted by Gasteiger charge is 2.39. The van der Waals surface area contributed by atoms with E-state index in [9.17, 15) is 8.78 Å². The van der Waals surface area contributed by atoms with E-state index < -0.39 is 11.4 Å². The molecule has 2 nitrogen and oxygen atoms in total. The SMILES string of the molecule is NNC(c1cccc(Cl)c1Cl)C(F)(F)Cl. The molecule has 0 saturated heterocycles. The maximum absolute atomic E-state index is 12.9. The fourth-order valence-corrected chi connectivity index (χ4v) is 1.70. The van der Waals surface area contributed by atoms with E-state index in [1.54, 1.807) is 0 Å². The number of halogens is 5. The molecule has 1 aromatic carbocycles. The second kappa shape index (κ2) is 4.80. The lowest BCUT2D eigenvalue weighted by Crippen LogP contribution is -2.38. The molecule has 0 amide bonds. The van der Waals surface area contributed by atoms with Crippen molar-refractivity contribution in [2.45, 2.75) is 11.4 Å². The fourth-order valence-electron chi connectivity index (χ4n) is 1.10. The van der Waals surface area contributed by atoms with Crippen molar-refractivity contribution in [1.82, 2.24) is 5.43 Å². The third-order valence-corrected chi connectivity index (χ3v) is 2.84. The average molecular weight is 276 g/mol. The molecule has 15 heavy (non-hydrogen) atoms. The number of hydrogen-bond acceptors (Lipinski definition) is 2. The highest BCUT2D eigenvalue weighted by Crippen LogP contribution is 2.39. The van der Waals surface area contributed by atoms with Gasteiger partial charge in [0, 0.05) is 0 Å². The van der Waals surface area contributed by atoms with Crippen LogP contribution >= 0.6 is 34.8 Å². The first-order valence-corrected chi connectivity index (χ1v) is 4.98. The monoisotopic (exact) mass is 274 g/mol. The van der Waals surface area contributed by atoms with Crippen molar-refractivity contribution in [2.24, 2.45) is 5.84 Å². The van der Waals surface area contributed by atoms with E-state index in [0.29, 0.717) is 0 Å². The Hall–Kier alpha value is -0.130. The topological polar surface area (TPSA) is 38.0 Å². The standard InChI is InChI=1S/C8H7Cl3F2N2/c9-5-3-1-2-4(6(5)10)7(15-14)8(11,12)13/h1-3,7,15H,14H2. The van der Waals surface area contributed by atoms with Gasteiger partial charge in [0.1, 0.15) is 6.04 Å². The summed E-state index contributed by atoms with van der Waals surface area (Å²) in [5.41, 5.74) is 1.95. The Kier molecular flexibility index (Phi) is 4.14. The molecule has 0 radical (unpaired) electrons. The molecule has 0 fully saturated rings. The summed E-state index contributed by atoms with van der Waals surface area (Å²) in [6.07, 6.45) is 0. The van der Waals surface area contributed by atoms with Gasteiger partial charge in [0.15, 0.2) is 0 Å². The molecule has 0 saturated carbocycles. The first-order chi connectivity index (χ1) is 6.88. The van der Waals surface area contributed by atoms with Crippen molar-refractivity contribution in [1.29, 1.82) is 0 Å². The number of rotatable bonds is 3. The van der Waals surface area contributed by atoms with Crippen molar-refractivity contribution >= 4 is 34.8 Å². The quantitative estimate of drug-likeness (QED) is 0.504. The summed E-state index contributed by atoms with van der Waals surface area (Å²) in [7, 11) is 0. The number of nitrogens with one attached hydrogen (secondary N) is 1. The van der Waals surface area contributed by atoms with Crippen LogP contribution in [0.1, 0.15) is 11.6 Å². The highest BCUT2D eigenvalue weighted by molar-refractivity contribution is 6.42. The molecule has 1 aromatic rings. The molecule has 0 aliphatic rings. The second-order valence-corrected chi connectivity index (χ2v) is 4.07. The van der Waals surface area contributed by atoms with Crippen LogP contribution in [0.4, 0.5) is 8.78 Å². The zero-order chi connectivity index (χ0) is 11.6. The van der Waals surface area contributed by atoms with E-state index in [4.69, 9.17) is 40.6 Å². The smallest absolute Gasteiger partial charge is 0.271 e. The van der Waals surface area contributed by atoms with Crippen LogP contribution in [-0.2, 0) is 0 Å². The molecule has 1 unspecified atom stereocenters. The van der Waals surface area contributed by atoms with Gasteiger partial charge >= 0.3 is 5.38 Å². The Labute approximate surface area is 100 Å². The Bertz CT molecular complexity index is 354. The van der Waals surface area contributed by atoms with E-state index in [2.05, 4.69) is 0 Å². The largest absolute Gasteiger partial charge is 0.342 e. The molecule has 7 heteroatoms. The minimum atomic E-state index is -3.55. The molecule has 0 heterocycles. The van der Waals surface area contributed by atoms with Crippen LogP contribution in [0.15, 0.2) is 18.2 Å². The van der Waals surface area contributed by atoms with Gasteiger partial charge < -0.3 is 0 Å². The highest BCUT2D eigenvalue weighted by atomic mass is 35.5. The van der Waals surface area contributed by atoms with Crippen LogP contribution < -0.4 is 11.3 Å². The Morgan fingerprint density at radius 1 is 1.33 bits per heavy atom. The first kappa shape index (κ1) is 12.9. The summed E-state index contributed by atoms with van der Waals surface area (Å²) in [6, 6.07) is 2.74. The van der Waals surface area contributed by atoms with Crippen molar-refractivity contribution in [2.75, 3.05) is 0 Å². The van der Waals surface area contributed by atoms with Crippen LogP contribution in [0.3, 0.4) is 0 Å². The Morgan fingerprint density at radius 3 is 2.40 bits per heavy atom. The number of benzene rings is 1. The van der Waals surface area contributed by atoms with Crippen molar-refractivity contribution in [3.05, 3.63) is 33.8 Å². The lowest BCUT2D eigenvalue weighted by atomic mass is 10.1. The van der Waals surface area contributed by atoms with Gasteiger partial charge in [-0.2, -0.15) is 8.78 Å². The van der Waals surface area contributed by atoms with Gasteiger partial charge in [-0.05, 0) is 23.2 Å². The third kappa shape index (κ3) is 2.92. The van der Waals surface area contributed by atoms with Crippen LogP contribution in [0, 0.1) is 0 Å². The van der Waals surface area contributed by atoms with Gasteiger partial charge in [-0.25, -0.2) is 5.43 Å². The molecule has 84 valence electrons. The summed E-state index contributed by atoms with van der Waals surface area (Å²) in [4.78, 5) is 0. The average Bonchev–Trinajstić information content (AvgIpc) is 2.11. The number of alkyl halides is 3. The second-order valence-electron chi connectivity index (χ2n) is 2.78. The molecule has 0 bridgehead atoms. The van der Waals surface area contributed by atoms with Crippen molar-refractivity contribution in [3.63, 3.8) is 0 Å². The van der Waals surface area contributed by atoms with Crippen LogP contribution in [0.2, 0.25) is 10.0 Å². The summed E-state index contributed by atoms with van der Waals surface area (Å²) < 4.78 is 25.8. The molecular weight excluding hydrogens is 268 g/mol. The van der Waals surface area contributed by atoms with Crippen LogP contribution in [0.5, 0.6) is 0 Å². The predicted molar refractivity (Wildman–Crippen MR) is 57.3 cm³/mol. The molecule has 0 aliphatic carbocycles. The molecule has 0 aliphatic heterocycles. The summed E-state index contributed by atoms with van der Waals surface area (Å²) >= 11 is 16.3. The van der Waals surface area contributed by atoms with Gasteiger partial charge in [0.05, 0.1) is 10.0 Å². The summed E-state index contributed by atoms with van der Waals surface area (Å²) in [5.74, 6) is 4.99. The van der Waals surface area contributed by atoms with E-state index in [1.807, 2.05) is 5.43 Å². The summed E-state index contributed by atoms with van der Waals surface area (Å²) in [5, 5.41) is -3.39. The number of hydrogen-bond donors (Lipinski definition) is 2. The minimum absolute atomic E-state index is 0.00226. The minimum Gasteiger partial charge on any atom is -0.271 e. The fraction of sp³-hybridized carbons (Fsp3) is 0.250. The van der Waals surface area contributed by atoms with Crippen LogP contribution in [-0.4, -0.2) is 5.38 Å². The van der Waals surface area contributed by atoms with Crippen molar-refractivity contribution in [3.8, 4) is 0 Å². The third-order valence-electron chi connectivity index (χ3n) is 1.79. The predicted octanol–water partition coefficient (Wildman–Crippen LogP) is 3.33. The molecule has 3 N–H and O–H groups in total. The lowest BCUT2D eigenvalue weighted by molar-refractivity contribution is 0.0498. The molecule has 1 rings (SSSR count). The van der Waals surface area contributed by atoms with E-state index in [-0.39, 0.29) is 15.6 Å². The van der Waals surface area contributed by atoms with Gasteiger partial charge in [-0.1, -0.05) is 35.3 Å².